The molecule has 210 valence electrons. The van der Waals surface area contributed by atoms with Crippen LogP contribution in [0.15, 0.2) is 106 Å². The van der Waals surface area contributed by atoms with Crippen molar-refractivity contribution in [3.05, 3.63) is 107 Å². The molecule has 0 radical (unpaired) electrons. The highest BCUT2D eigenvalue weighted by Gasteiger charge is 2.55. The number of carbonyl (C=O) groups excluding carboxylic acids is 3. The van der Waals surface area contributed by atoms with Crippen LogP contribution in [0.2, 0.25) is 0 Å². The van der Waals surface area contributed by atoms with Gasteiger partial charge in [0.15, 0.2) is 12.1 Å². The molecule has 1 aliphatic carbocycles. The number of nitrogens with zero attached hydrogens (tertiary/aromatic N) is 6. The van der Waals surface area contributed by atoms with E-state index in [0.29, 0.717) is 5.69 Å². The number of fused-ring (bicyclic) bond motifs is 2. The zero-order chi connectivity index (χ0) is 28.8. The predicted octanol–water partition coefficient (Wildman–Crippen LogP) is 5.11. The number of benzene rings is 3. The van der Waals surface area contributed by atoms with Gasteiger partial charge in [0.05, 0.1) is 17.4 Å². The van der Waals surface area contributed by atoms with Crippen molar-refractivity contribution in [2.24, 2.45) is 21.4 Å². The van der Waals surface area contributed by atoms with Crippen molar-refractivity contribution < 1.29 is 14.4 Å². The van der Waals surface area contributed by atoms with E-state index < -0.39 is 23.9 Å². The second-order valence-electron chi connectivity index (χ2n) is 11.2. The Kier molecular flexibility index (Phi) is 6.49. The van der Waals surface area contributed by atoms with Gasteiger partial charge in [0.1, 0.15) is 6.54 Å². The highest BCUT2D eigenvalue weighted by Crippen LogP contribution is 2.44. The van der Waals surface area contributed by atoms with Crippen molar-refractivity contribution >= 4 is 35.2 Å². The summed E-state index contributed by atoms with van der Waals surface area (Å²) in [5.74, 6) is -1.10. The summed E-state index contributed by atoms with van der Waals surface area (Å²) in [4.78, 5) is 41.8. The number of carbonyl (C=O) groups is 3. The van der Waals surface area contributed by atoms with Crippen LogP contribution in [-0.2, 0) is 14.4 Å². The second kappa shape index (κ2) is 10.5. The SMILES string of the molecule is Cc1ccc(N2C(=O)[C@H]3N=NN(CC(=O)N4N=C5/C(=C/c6ccccc6)CCC[C@H]5[C@H]4c4ccccc4)[C@@H]3C2=O)cc1. The summed E-state index contributed by atoms with van der Waals surface area (Å²) in [7, 11) is 0. The Balaban J connectivity index is 1.18. The molecular weight excluding hydrogens is 528 g/mol. The van der Waals surface area contributed by atoms with Crippen LogP contribution in [0.4, 0.5) is 5.69 Å². The average molecular weight is 559 g/mol. The molecule has 42 heavy (non-hydrogen) atoms. The van der Waals surface area contributed by atoms with Crippen LogP contribution in [0.25, 0.3) is 6.08 Å². The van der Waals surface area contributed by atoms with Crippen LogP contribution in [0, 0.1) is 12.8 Å². The third-order valence-corrected chi connectivity index (χ3v) is 8.49. The second-order valence-corrected chi connectivity index (χ2v) is 11.2. The smallest absolute Gasteiger partial charge is 0.264 e. The van der Waals surface area contributed by atoms with Gasteiger partial charge in [0.25, 0.3) is 17.7 Å². The average Bonchev–Trinajstić information content (AvgIpc) is 3.68. The summed E-state index contributed by atoms with van der Waals surface area (Å²) < 4.78 is 0. The number of hydrazone groups is 1. The number of aryl methyl sites for hydroxylation is 1. The van der Waals surface area contributed by atoms with Crippen LogP contribution in [0.3, 0.4) is 0 Å². The predicted molar refractivity (Wildman–Crippen MR) is 158 cm³/mol. The summed E-state index contributed by atoms with van der Waals surface area (Å²) in [6.07, 6.45) is 4.98. The maximum atomic E-state index is 14.0. The maximum absolute atomic E-state index is 14.0. The summed E-state index contributed by atoms with van der Waals surface area (Å²) in [6.45, 7) is 1.73. The standard InChI is InChI=1S/C33H30N6O3/c1-21-15-17-25(18-16-21)38-32(41)29-31(33(38)42)37(36-34-29)20-27(40)39-30(23-11-6-3-7-12-23)26-14-8-13-24(28(26)35-39)19-22-9-4-2-5-10-22/h2-7,9-12,15-19,26,29-31H,8,13-14,20H2,1H3/b24-19+/t26-,29+,30-,31+/m1/s1. The summed E-state index contributed by atoms with van der Waals surface area (Å²) >= 11 is 0. The molecule has 3 amide bonds. The van der Waals surface area contributed by atoms with E-state index in [2.05, 4.69) is 28.5 Å². The molecule has 3 aromatic carbocycles. The Morgan fingerprint density at radius 1 is 0.905 bits per heavy atom. The van der Waals surface area contributed by atoms with Crippen LogP contribution in [-0.4, -0.2) is 52.1 Å². The minimum Gasteiger partial charge on any atom is -0.271 e. The Bertz CT molecular complexity index is 1630. The quantitative estimate of drug-likeness (QED) is 0.407. The van der Waals surface area contributed by atoms with E-state index in [0.717, 1.165) is 52.1 Å². The van der Waals surface area contributed by atoms with E-state index in [1.807, 2.05) is 67.6 Å². The molecule has 0 bridgehead atoms. The van der Waals surface area contributed by atoms with Gasteiger partial charge in [0, 0.05) is 5.92 Å². The van der Waals surface area contributed by atoms with Crippen molar-refractivity contribution in [3.8, 4) is 0 Å². The van der Waals surface area contributed by atoms with E-state index in [4.69, 9.17) is 5.10 Å². The molecule has 9 heteroatoms. The van der Waals surface area contributed by atoms with E-state index in [1.54, 1.807) is 17.1 Å². The van der Waals surface area contributed by atoms with Gasteiger partial charge in [0.2, 0.25) is 0 Å². The molecule has 7 rings (SSSR count). The monoisotopic (exact) mass is 558 g/mol. The van der Waals surface area contributed by atoms with Crippen molar-refractivity contribution in [1.82, 2.24) is 10.0 Å². The fraction of sp³-hybridized carbons (Fsp3) is 0.273. The molecule has 1 saturated carbocycles. The molecule has 0 aromatic heterocycles. The largest absolute Gasteiger partial charge is 0.271 e. The van der Waals surface area contributed by atoms with Gasteiger partial charge in [-0.2, -0.15) is 10.2 Å². The van der Waals surface area contributed by atoms with Gasteiger partial charge in [-0.25, -0.2) is 9.91 Å². The van der Waals surface area contributed by atoms with Gasteiger partial charge >= 0.3 is 0 Å². The first-order valence-electron chi connectivity index (χ1n) is 14.3. The molecule has 1 saturated heterocycles. The zero-order valence-corrected chi connectivity index (χ0v) is 23.2. The fourth-order valence-corrected chi connectivity index (χ4v) is 6.45. The number of allylic oxidation sites excluding steroid dienone is 1. The van der Waals surface area contributed by atoms with Crippen LogP contribution in [0.1, 0.15) is 42.0 Å². The number of rotatable bonds is 5. The van der Waals surface area contributed by atoms with Crippen LogP contribution >= 0.6 is 0 Å². The summed E-state index contributed by atoms with van der Waals surface area (Å²) in [6, 6.07) is 25.1. The lowest BCUT2D eigenvalue weighted by Crippen LogP contribution is -2.45. The number of amides is 3. The molecule has 0 N–H and O–H groups in total. The minimum absolute atomic E-state index is 0.0553. The molecule has 0 unspecified atom stereocenters. The molecule has 4 atom stereocenters. The van der Waals surface area contributed by atoms with Crippen molar-refractivity contribution in [1.29, 1.82) is 0 Å². The van der Waals surface area contributed by atoms with Gasteiger partial charge < -0.3 is 0 Å². The Labute approximate surface area is 243 Å². The van der Waals surface area contributed by atoms with Gasteiger partial charge in [-0.05, 0) is 61.1 Å². The number of imide groups is 1. The topological polar surface area (TPSA) is 98.0 Å². The number of hydrogen-bond acceptors (Lipinski definition) is 7. The lowest BCUT2D eigenvalue weighted by molar-refractivity contribution is -0.136. The number of hydrogen-bond donors (Lipinski definition) is 0. The lowest BCUT2D eigenvalue weighted by Gasteiger charge is -2.30. The van der Waals surface area contributed by atoms with Crippen molar-refractivity contribution in [2.45, 2.75) is 44.3 Å². The van der Waals surface area contributed by atoms with Gasteiger partial charge in [-0.3, -0.25) is 19.4 Å². The van der Waals surface area contributed by atoms with Gasteiger partial charge in [-0.15, -0.1) is 0 Å². The van der Waals surface area contributed by atoms with Crippen LogP contribution in [0.5, 0.6) is 0 Å². The molecule has 0 spiro atoms. The summed E-state index contributed by atoms with van der Waals surface area (Å²) in [5, 5.41) is 16.1. The third-order valence-electron chi connectivity index (χ3n) is 8.49. The molecule has 9 nitrogen and oxygen atoms in total. The normalized spacial score (nSPS) is 25.7. The van der Waals surface area contributed by atoms with Crippen LogP contribution < -0.4 is 4.90 Å². The molecule has 3 aromatic rings. The highest BCUT2D eigenvalue weighted by atomic mass is 16.2. The highest BCUT2D eigenvalue weighted by molar-refractivity contribution is 6.25. The molecule has 3 heterocycles. The fourth-order valence-electron chi connectivity index (χ4n) is 6.45. The Hall–Kier alpha value is -4.92. The first kappa shape index (κ1) is 26.0. The van der Waals surface area contributed by atoms with E-state index in [1.165, 1.54) is 5.01 Å². The first-order chi connectivity index (χ1) is 20.5. The number of anilines is 1. The minimum atomic E-state index is -0.968. The maximum Gasteiger partial charge on any atom is 0.264 e. The first-order valence-corrected chi connectivity index (χ1v) is 14.3. The van der Waals surface area contributed by atoms with Crippen molar-refractivity contribution in [2.75, 3.05) is 11.4 Å². The van der Waals surface area contributed by atoms with E-state index >= 15 is 0 Å². The molecule has 4 aliphatic rings. The Morgan fingerprint density at radius 2 is 1.62 bits per heavy atom. The van der Waals surface area contributed by atoms with E-state index in [-0.39, 0.29) is 24.4 Å². The van der Waals surface area contributed by atoms with Crippen molar-refractivity contribution in [3.63, 3.8) is 0 Å². The molecule has 3 aliphatic heterocycles. The molecule has 2 fully saturated rings. The third kappa shape index (κ3) is 4.41. The zero-order valence-electron chi connectivity index (χ0n) is 23.2. The summed E-state index contributed by atoms with van der Waals surface area (Å²) in [5.41, 5.74) is 5.69. The Morgan fingerprint density at radius 3 is 2.36 bits per heavy atom. The molecular formula is C33H30N6O3. The van der Waals surface area contributed by atoms with Gasteiger partial charge in [-0.1, -0.05) is 83.6 Å². The lowest BCUT2D eigenvalue weighted by atomic mass is 9.77. The van der Waals surface area contributed by atoms with E-state index in [9.17, 15) is 14.4 Å².